The van der Waals surface area contributed by atoms with E-state index in [1.807, 2.05) is 42.5 Å². The van der Waals surface area contributed by atoms with E-state index in [-0.39, 0.29) is 23.8 Å². The van der Waals surface area contributed by atoms with Gasteiger partial charge in [0.25, 0.3) is 5.91 Å². The second kappa shape index (κ2) is 14.5. The molecule has 14 heteroatoms. The Morgan fingerprint density at radius 2 is 1.54 bits per heavy atom. The molecule has 0 aliphatic carbocycles. The molecule has 14 nitrogen and oxygen atoms in total. The molecule has 0 spiro atoms. The lowest BCUT2D eigenvalue weighted by atomic mass is 9.89. The quantitative estimate of drug-likeness (QED) is 0.105. The third kappa shape index (κ3) is 6.82. The van der Waals surface area contributed by atoms with E-state index in [1.165, 1.54) is 36.1 Å². The molecule has 0 aromatic heterocycles. The van der Waals surface area contributed by atoms with Gasteiger partial charge in [0, 0.05) is 12.2 Å². The number of hydroxylamine groups is 2. The molecule has 50 heavy (non-hydrogen) atoms. The average Bonchev–Trinajstić information content (AvgIpc) is 3.27. The summed E-state index contributed by atoms with van der Waals surface area (Å²) in [6.45, 7) is 2.53. The van der Waals surface area contributed by atoms with Gasteiger partial charge in [-0.15, -0.1) is 0 Å². The predicted molar refractivity (Wildman–Crippen MR) is 179 cm³/mol. The number of aliphatic carboxylic acids is 1. The lowest BCUT2D eigenvalue weighted by Crippen LogP contribution is -2.56. The molecule has 0 radical (unpaired) electrons. The van der Waals surface area contributed by atoms with E-state index in [0.29, 0.717) is 21.6 Å². The van der Waals surface area contributed by atoms with Gasteiger partial charge < -0.3 is 15.7 Å². The Morgan fingerprint density at radius 1 is 0.920 bits per heavy atom. The van der Waals surface area contributed by atoms with Crippen molar-refractivity contribution in [1.29, 1.82) is 5.53 Å². The highest BCUT2D eigenvalue weighted by atomic mass is 16.7. The number of ketones is 1. The van der Waals surface area contributed by atoms with Crippen LogP contribution in [0.2, 0.25) is 0 Å². The van der Waals surface area contributed by atoms with Crippen LogP contribution in [0.4, 0.5) is 10.5 Å². The maximum Gasteiger partial charge on any atom is 0.363 e. The van der Waals surface area contributed by atoms with Crippen LogP contribution in [0.5, 0.6) is 0 Å². The number of para-hydroxylation sites is 1. The fourth-order valence-electron chi connectivity index (χ4n) is 5.87. The van der Waals surface area contributed by atoms with Gasteiger partial charge in [-0.1, -0.05) is 83.9 Å². The number of hydrogen-bond acceptors (Lipinski definition) is 10. The molecule has 4 N–H and O–H groups in total. The minimum atomic E-state index is -2.04. The van der Waals surface area contributed by atoms with Crippen molar-refractivity contribution in [3.8, 4) is 0 Å². The Bertz CT molecular complexity index is 1990. The van der Waals surface area contributed by atoms with Gasteiger partial charge in [0.1, 0.15) is 5.54 Å². The molecule has 0 bridgehead atoms. The van der Waals surface area contributed by atoms with E-state index in [4.69, 9.17) is 16.1 Å². The van der Waals surface area contributed by atoms with E-state index in [2.05, 4.69) is 5.11 Å². The minimum Gasteiger partial charge on any atom is -0.481 e. The zero-order chi connectivity index (χ0) is 36.2. The highest BCUT2D eigenvalue weighted by molar-refractivity contribution is 6.15. The van der Waals surface area contributed by atoms with Crippen LogP contribution in [0, 0.1) is 5.53 Å². The van der Waals surface area contributed by atoms with Crippen LogP contribution in [-0.2, 0) is 47.4 Å². The number of carbonyl (C=O) groups is 6. The molecule has 1 heterocycles. The molecular weight excluding hydrogens is 644 g/mol. The highest BCUT2D eigenvalue weighted by Crippen LogP contribution is 2.39. The number of Topliss-reactive ketones (excluding diaryl/α,β-unsaturated/α-hetero) is 1. The second-order valence-electron chi connectivity index (χ2n) is 11.9. The van der Waals surface area contributed by atoms with Crippen LogP contribution >= 0.6 is 0 Å². The number of imide groups is 1. The molecule has 1 aliphatic rings. The first-order valence-electron chi connectivity index (χ1n) is 15.5. The predicted octanol–water partition coefficient (Wildman–Crippen LogP) is 4.30. The second-order valence-corrected chi connectivity index (χ2v) is 11.9. The highest BCUT2D eigenvalue weighted by Gasteiger charge is 2.58. The maximum atomic E-state index is 14.3. The summed E-state index contributed by atoms with van der Waals surface area (Å²) in [5.74, 6) is -5.75. The molecule has 1 saturated heterocycles. The van der Waals surface area contributed by atoms with Crippen molar-refractivity contribution in [2.75, 3.05) is 4.90 Å². The number of fused-ring (bicyclic) bond motifs is 1. The lowest BCUT2D eigenvalue weighted by Gasteiger charge is -2.32. The zero-order valence-electron chi connectivity index (χ0n) is 27.2. The van der Waals surface area contributed by atoms with E-state index in [9.17, 15) is 33.9 Å². The summed E-state index contributed by atoms with van der Waals surface area (Å²) < 4.78 is 0. The number of hydrogen-bond donors (Lipinski definition) is 3. The number of carboxylic acid groups (broad SMARTS) is 1. The van der Waals surface area contributed by atoms with Gasteiger partial charge in [0.05, 0.1) is 19.0 Å². The van der Waals surface area contributed by atoms with Crippen molar-refractivity contribution in [2.45, 2.75) is 51.0 Å². The molecule has 4 aromatic carbocycles. The number of amides is 4. The summed E-state index contributed by atoms with van der Waals surface area (Å²) in [4.78, 5) is 87.6. The Morgan fingerprint density at radius 3 is 2.16 bits per heavy atom. The van der Waals surface area contributed by atoms with Crippen molar-refractivity contribution in [3.05, 3.63) is 114 Å². The monoisotopic (exact) mass is 678 g/mol. The number of anilines is 1. The van der Waals surface area contributed by atoms with Crippen molar-refractivity contribution in [2.24, 2.45) is 10.8 Å². The Hall–Kier alpha value is -6.28. The lowest BCUT2D eigenvalue weighted by molar-refractivity contribution is -0.186. The summed E-state index contributed by atoms with van der Waals surface area (Å²) in [5.41, 5.74) is 13.1. The van der Waals surface area contributed by atoms with Gasteiger partial charge in [-0.25, -0.2) is 15.1 Å². The Kier molecular flexibility index (Phi) is 10.1. The number of rotatable bonds is 13. The van der Waals surface area contributed by atoms with Crippen molar-refractivity contribution in [3.63, 3.8) is 0 Å². The number of carbonyl (C=O) groups excluding carboxylic acids is 5. The van der Waals surface area contributed by atoms with Gasteiger partial charge in [0.2, 0.25) is 5.91 Å². The Balaban J connectivity index is 1.53. The topological polar surface area (TPSA) is 204 Å². The first-order chi connectivity index (χ1) is 23.9. The molecule has 1 fully saturated rings. The smallest absolute Gasteiger partial charge is 0.363 e. The molecule has 4 aromatic rings. The van der Waals surface area contributed by atoms with Crippen LogP contribution < -0.4 is 10.6 Å². The van der Waals surface area contributed by atoms with Gasteiger partial charge in [0.15, 0.2) is 11.8 Å². The zero-order valence-corrected chi connectivity index (χ0v) is 27.2. The summed E-state index contributed by atoms with van der Waals surface area (Å²) in [6.07, 6.45) is -0.804. The summed E-state index contributed by atoms with van der Waals surface area (Å²) in [6, 6.07) is 22.5. The summed E-state index contributed by atoms with van der Waals surface area (Å²) in [5, 5.41) is 14.8. The SMILES string of the molecule is CC(=O)[C@@H](C(=O)ON1C(=O)N(Cc2ccc3ccccc3c2)[C@@](C)(c2ccc(CN=N)cc2)C1=O)N(C(=O)[C@@H](N)CC(=O)O)c1ccccc1. The van der Waals surface area contributed by atoms with E-state index >= 15 is 0 Å². The Labute approximate surface area is 286 Å². The van der Waals surface area contributed by atoms with Crippen LogP contribution in [-0.4, -0.2) is 62.7 Å². The summed E-state index contributed by atoms with van der Waals surface area (Å²) in [7, 11) is 0. The molecule has 4 amide bonds. The molecule has 0 unspecified atom stereocenters. The first kappa shape index (κ1) is 35.0. The van der Waals surface area contributed by atoms with Gasteiger partial charge in [-0.05, 0) is 59.5 Å². The van der Waals surface area contributed by atoms with Gasteiger partial charge in [-0.3, -0.25) is 29.0 Å². The standard InChI is InChI=1S/C36H34N6O8/c1-22(43)31(41(28-10-4-3-5-11-28)32(46)29(37)19-30(44)45)33(47)50-42-34(48)36(2,27-16-13-23(14-17-27)20-39-38)40(35(42)49)21-24-12-15-25-8-6-7-9-26(25)18-24/h3-18,29,31,38H,19-21,37H2,1-2H3,(H,44,45)/t29-,31-,36-/m0/s1. The minimum absolute atomic E-state index is 0.0248. The number of nitrogens with one attached hydrogen (secondary N) is 1. The largest absolute Gasteiger partial charge is 0.481 e. The fraction of sp³-hybridized carbons (Fsp3) is 0.222. The van der Waals surface area contributed by atoms with E-state index < -0.39 is 59.6 Å². The molecule has 5 rings (SSSR count). The normalized spacial score (nSPS) is 16.9. The number of nitrogens with zero attached hydrogens (tertiary/aromatic N) is 4. The van der Waals surface area contributed by atoms with Crippen LogP contribution in [0.1, 0.15) is 37.0 Å². The van der Waals surface area contributed by atoms with Crippen molar-refractivity contribution >= 4 is 52.0 Å². The van der Waals surface area contributed by atoms with E-state index in [0.717, 1.165) is 17.7 Å². The van der Waals surface area contributed by atoms with Crippen molar-refractivity contribution < 1.29 is 38.7 Å². The van der Waals surface area contributed by atoms with Crippen LogP contribution in [0.25, 0.3) is 10.8 Å². The van der Waals surface area contributed by atoms with E-state index in [1.54, 1.807) is 30.3 Å². The molecule has 0 saturated carbocycles. The molecular formula is C36H34N6O8. The third-order valence-corrected chi connectivity index (χ3v) is 8.51. The number of nitrogens with two attached hydrogens (primary N) is 1. The van der Waals surface area contributed by atoms with Gasteiger partial charge in [-0.2, -0.15) is 5.11 Å². The molecule has 3 atom stereocenters. The molecule has 256 valence electrons. The number of carboxylic acids is 1. The number of benzene rings is 4. The van der Waals surface area contributed by atoms with Crippen molar-refractivity contribution in [1.82, 2.24) is 9.96 Å². The fourth-order valence-corrected chi connectivity index (χ4v) is 5.87. The van der Waals surface area contributed by atoms with Crippen LogP contribution in [0.3, 0.4) is 0 Å². The molecule has 1 aliphatic heterocycles. The summed E-state index contributed by atoms with van der Waals surface area (Å²) >= 11 is 0. The van der Waals surface area contributed by atoms with Gasteiger partial charge >= 0.3 is 18.0 Å². The first-order valence-corrected chi connectivity index (χ1v) is 15.5. The number of urea groups is 1. The average molecular weight is 679 g/mol. The van der Waals surface area contributed by atoms with Crippen LogP contribution in [0.15, 0.2) is 102 Å². The maximum absolute atomic E-state index is 14.3. The third-order valence-electron chi connectivity index (χ3n) is 8.51.